The number of rotatable bonds is 14. The van der Waals surface area contributed by atoms with Crippen LogP contribution in [0.1, 0.15) is 46.1 Å². The number of carboxylic acid groups (broad SMARTS) is 1. The van der Waals surface area contributed by atoms with Crippen LogP contribution >= 0.6 is 12.6 Å². The molecule has 11 heteroatoms. The predicted molar refractivity (Wildman–Crippen MR) is 146 cm³/mol. The molecule has 0 aliphatic heterocycles. The molecule has 10 nitrogen and oxygen atoms in total. The molecule has 1 aromatic carbocycles. The number of fused-ring (bicyclic) bond motifs is 1. The molecule has 0 spiro atoms. The first-order chi connectivity index (χ1) is 17.5. The minimum absolute atomic E-state index is 0.0694. The fraction of sp³-hybridized carbons (Fsp3) is 0.538. The van der Waals surface area contributed by atoms with Crippen LogP contribution in [0.2, 0.25) is 0 Å². The molecule has 204 valence electrons. The van der Waals surface area contributed by atoms with Gasteiger partial charge >= 0.3 is 5.97 Å². The summed E-state index contributed by atoms with van der Waals surface area (Å²) < 4.78 is 0. The molecule has 0 bridgehead atoms. The maximum absolute atomic E-state index is 13.3. The Morgan fingerprint density at radius 1 is 1.00 bits per heavy atom. The topological polar surface area (TPSA) is 166 Å². The molecule has 0 aliphatic rings. The van der Waals surface area contributed by atoms with Gasteiger partial charge in [0.2, 0.25) is 17.7 Å². The zero-order chi connectivity index (χ0) is 27.7. The van der Waals surface area contributed by atoms with Crippen molar-refractivity contribution in [1.82, 2.24) is 20.9 Å². The second-order valence-corrected chi connectivity index (χ2v) is 10.2. The highest BCUT2D eigenvalue weighted by Crippen LogP contribution is 2.19. The first-order valence-electron chi connectivity index (χ1n) is 12.5. The van der Waals surface area contributed by atoms with Crippen LogP contribution < -0.4 is 21.7 Å². The zero-order valence-electron chi connectivity index (χ0n) is 21.8. The maximum Gasteiger partial charge on any atom is 0.326 e. The summed E-state index contributed by atoms with van der Waals surface area (Å²) in [5.74, 6) is -2.92. The van der Waals surface area contributed by atoms with Crippen molar-refractivity contribution in [2.45, 2.75) is 71.1 Å². The van der Waals surface area contributed by atoms with E-state index < -0.39 is 47.9 Å². The van der Waals surface area contributed by atoms with Gasteiger partial charge in [0.25, 0.3) is 0 Å². The largest absolute Gasteiger partial charge is 0.480 e. The van der Waals surface area contributed by atoms with Gasteiger partial charge < -0.3 is 31.8 Å². The van der Waals surface area contributed by atoms with Crippen molar-refractivity contribution in [3.05, 3.63) is 36.0 Å². The smallest absolute Gasteiger partial charge is 0.326 e. The Bertz CT molecular complexity index is 1090. The van der Waals surface area contributed by atoms with Crippen molar-refractivity contribution in [3.63, 3.8) is 0 Å². The molecule has 0 radical (unpaired) electrons. The van der Waals surface area contributed by atoms with Crippen LogP contribution in [0.15, 0.2) is 30.5 Å². The van der Waals surface area contributed by atoms with E-state index in [1.807, 2.05) is 45.0 Å². The van der Waals surface area contributed by atoms with Crippen molar-refractivity contribution in [2.75, 3.05) is 5.75 Å². The zero-order valence-corrected chi connectivity index (χ0v) is 22.7. The van der Waals surface area contributed by atoms with E-state index >= 15 is 0 Å². The highest BCUT2D eigenvalue weighted by atomic mass is 32.1. The van der Waals surface area contributed by atoms with Gasteiger partial charge in [0.1, 0.15) is 18.1 Å². The van der Waals surface area contributed by atoms with Crippen LogP contribution in [0, 0.1) is 11.8 Å². The van der Waals surface area contributed by atoms with Crippen LogP contribution in [0.3, 0.4) is 0 Å². The van der Waals surface area contributed by atoms with E-state index in [2.05, 4.69) is 33.6 Å². The fourth-order valence-electron chi connectivity index (χ4n) is 4.00. The summed E-state index contributed by atoms with van der Waals surface area (Å²) in [6, 6.07) is 3.53. The quantitative estimate of drug-likeness (QED) is 0.182. The number of nitrogens with one attached hydrogen (secondary N) is 4. The average Bonchev–Trinajstić information content (AvgIpc) is 3.27. The number of benzene rings is 1. The molecule has 1 aromatic heterocycles. The number of para-hydroxylation sites is 1. The van der Waals surface area contributed by atoms with Gasteiger partial charge in [-0.3, -0.25) is 14.4 Å². The van der Waals surface area contributed by atoms with E-state index in [0.717, 1.165) is 16.5 Å². The lowest BCUT2D eigenvalue weighted by Crippen LogP contribution is -2.59. The number of carbonyl (C=O) groups is 4. The molecule has 2 aromatic rings. The van der Waals surface area contributed by atoms with Crippen LogP contribution in [-0.4, -0.2) is 63.7 Å². The number of H-pyrrole nitrogens is 1. The van der Waals surface area contributed by atoms with E-state index in [9.17, 15) is 24.3 Å². The van der Waals surface area contributed by atoms with E-state index in [4.69, 9.17) is 5.73 Å². The third-order valence-electron chi connectivity index (χ3n) is 6.38. The summed E-state index contributed by atoms with van der Waals surface area (Å²) in [5.41, 5.74) is 7.37. The third kappa shape index (κ3) is 8.50. The standard InChI is InChI=1S/C26H39N5O5S/c1-5-15(4)22(31-24(33)20(10-14(2)3)29-23(32)18(27)13-37)25(34)30-21(26(35)36)11-16-12-28-19-9-7-6-8-17(16)19/h6-9,12,14-15,18,20-22,28,37H,5,10-11,13,27H2,1-4H3,(H,29,32)(H,30,34)(H,31,33)(H,35,36). The number of hydrogen-bond donors (Lipinski definition) is 7. The van der Waals surface area contributed by atoms with Gasteiger partial charge in [0.15, 0.2) is 0 Å². The van der Waals surface area contributed by atoms with Gasteiger partial charge in [-0.25, -0.2) is 4.79 Å². The number of aliphatic carboxylic acids is 1. The van der Waals surface area contributed by atoms with Crippen molar-refractivity contribution in [2.24, 2.45) is 17.6 Å². The number of hydrogen-bond acceptors (Lipinski definition) is 6. The second kappa shape index (κ2) is 14.0. The molecule has 1 heterocycles. The van der Waals surface area contributed by atoms with Gasteiger partial charge in [0.05, 0.1) is 6.04 Å². The Balaban J connectivity index is 2.20. The van der Waals surface area contributed by atoms with Crippen molar-refractivity contribution in [1.29, 1.82) is 0 Å². The molecule has 7 N–H and O–H groups in total. The fourth-order valence-corrected chi connectivity index (χ4v) is 4.17. The first-order valence-corrected chi connectivity index (χ1v) is 13.2. The van der Waals surface area contributed by atoms with Crippen LogP contribution in [0.25, 0.3) is 10.9 Å². The van der Waals surface area contributed by atoms with Gasteiger partial charge in [-0.1, -0.05) is 52.3 Å². The Morgan fingerprint density at radius 3 is 2.24 bits per heavy atom. The molecule has 3 amide bonds. The molecular formula is C26H39N5O5S. The van der Waals surface area contributed by atoms with Crippen LogP contribution in [0.5, 0.6) is 0 Å². The van der Waals surface area contributed by atoms with E-state index in [1.165, 1.54) is 0 Å². The third-order valence-corrected chi connectivity index (χ3v) is 6.77. The Labute approximate surface area is 222 Å². The van der Waals surface area contributed by atoms with E-state index in [0.29, 0.717) is 12.8 Å². The predicted octanol–water partition coefficient (Wildman–Crippen LogP) is 1.60. The molecule has 0 saturated heterocycles. The molecular weight excluding hydrogens is 494 g/mol. The van der Waals surface area contributed by atoms with Crippen molar-refractivity contribution >= 4 is 47.2 Å². The second-order valence-electron chi connectivity index (χ2n) is 9.81. The molecule has 0 saturated carbocycles. The highest BCUT2D eigenvalue weighted by molar-refractivity contribution is 7.80. The SMILES string of the molecule is CCC(C)C(NC(=O)C(CC(C)C)NC(=O)C(N)CS)C(=O)NC(Cc1c[nH]c2ccccc12)C(=O)O. The van der Waals surface area contributed by atoms with E-state index in [1.54, 1.807) is 13.1 Å². The molecule has 0 aliphatic carbocycles. The van der Waals surface area contributed by atoms with Crippen molar-refractivity contribution < 1.29 is 24.3 Å². The lowest BCUT2D eigenvalue weighted by Gasteiger charge is -2.28. The summed E-state index contributed by atoms with van der Waals surface area (Å²) >= 11 is 4.03. The maximum atomic E-state index is 13.3. The monoisotopic (exact) mass is 533 g/mol. The number of amides is 3. The number of carbonyl (C=O) groups excluding carboxylic acids is 3. The Hall–Kier alpha value is -3.05. The molecule has 5 atom stereocenters. The number of aromatic amines is 1. The highest BCUT2D eigenvalue weighted by Gasteiger charge is 2.33. The molecule has 37 heavy (non-hydrogen) atoms. The molecule has 0 fully saturated rings. The molecule has 2 rings (SSSR count). The van der Waals surface area contributed by atoms with E-state index in [-0.39, 0.29) is 24.0 Å². The molecule has 5 unspecified atom stereocenters. The van der Waals surface area contributed by atoms with Crippen LogP contribution in [0.4, 0.5) is 0 Å². The summed E-state index contributed by atoms with van der Waals surface area (Å²) in [6.07, 6.45) is 2.70. The lowest BCUT2D eigenvalue weighted by molar-refractivity contribution is -0.142. The van der Waals surface area contributed by atoms with Gasteiger partial charge in [0, 0.05) is 29.3 Å². The summed E-state index contributed by atoms with van der Waals surface area (Å²) in [6.45, 7) is 7.49. The Kier molecular flexibility index (Phi) is 11.4. The number of thiol groups is 1. The Morgan fingerprint density at radius 2 is 1.65 bits per heavy atom. The number of carboxylic acids is 1. The average molecular weight is 534 g/mol. The van der Waals surface area contributed by atoms with Gasteiger partial charge in [-0.2, -0.15) is 12.6 Å². The van der Waals surface area contributed by atoms with Crippen molar-refractivity contribution in [3.8, 4) is 0 Å². The van der Waals surface area contributed by atoms with Gasteiger partial charge in [-0.15, -0.1) is 0 Å². The first kappa shape index (κ1) is 30.2. The number of nitrogens with two attached hydrogens (primary N) is 1. The summed E-state index contributed by atoms with van der Waals surface area (Å²) in [7, 11) is 0. The lowest BCUT2D eigenvalue weighted by atomic mass is 9.96. The number of aromatic nitrogens is 1. The summed E-state index contributed by atoms with van der Waals surface area (Å²) in [5, 5.41) is 18.7. The minimum Gasteiger partial charge on any atom is -0.480 e. The normalized spacial score (nSPS) is 15.4. The summed E-state index contributed by atoms with van der Waals surface area (Å²) in [4.78, 5) is 54.0. The van der Waals surface area contributed by atoms with Gasteiger partial charge in [-0.05, 0) is 29.9 Å². The minimum atomic E-state index is -1.20. The van der Waals surface area contributed by atoms with Crippen LogP contribution in [-0.2, 0) is 25.6 Å².